The van der Waals surface area contributed by atoms with Crippen molar-refractivity contribution in [1.29, 1.82) is 0 Å². The highest BCUT2D eigenvalue weighted by atomic mass is 16.5. The second-order valence-corrected chi connectivity index (χ2v) is 6.30. The number of imide groups is 1. The van der Waals surface area contributed by atoms with Crippen molar-refractivity contribution in [3.63, 3.8) is 0 Å². The number of nitrogens with one attached hydrogen (secondary N) is 2. The van der Waals surface area contributed by atoms with Gasteiger partial charge in [0, 0.05) is 5.56 Å². The zero-order valence-electron chi connectivity index (χ0n) is 15.8. The van der Waals surface area contributed by atoms with Gasteiger partial charge in [0.05, 0.1) is 13.7 Å². The van der Waals surface area contributed by atoms with Gasteiger partial charge in [0.25, 0.3) is 11.8 Å². The molecule has 28 heavy (non-hydrogen) atoms. The number of urea groups is 1. The molecule has 0 unspecified atom stereocenters. The van der Waals surface area contributed by atoms with E-state index >= 15 is 0 Å². The molecule has 0 bridgehead atoms. The highest BCUT2D eigenvalue weighted by molar-refractivity contribution is 6.09. The molecule has 0 radical (unpaired) electrons. The van der Waals surface area contributed by atoms with Crippen LogP contribution < -0.4 is 20.2 Å². The van der Waals surface area contributed by atoms with E-state index in [0.29, 0.717) is 28.7 Å². The molecule has 1 aliphatic rings. The Morgan fingerprint density at radius 2 is 1.86 bits per heavy atom. The molecule has 1 fully saturated rings. The Hall–Kier alpha value is -3.55. The number of carbonyl (C=O) groups excluding carboxylic acids is 3. The second-order valence-electron chi connectivity index (χ2n) is 6.30. The summed E-state index contributed by atoms with van der Waals surface area (Å²) in [5.41, 5.74) is 1.93. The summed E-state index contributed by atoms with van der Waals surface area (Å²) in [6.45, 7) is 3.87. The smallest absolute Gasteiger partial charge is 0.344 e. The minimum absolute atomic E-state index is 0.217. The number of hydrazine groups is 1. The van der Waals surface area contributed by atoms with Crippen LogP contribution in [0.25, 0.3) is 0 Å². The summed E-state index contributed by atoms with van der Waals surface area (Å²) in [6, 6.07) is 12.7. The van der Waals surface area contributed by atoms with Crippen LogP contribution in [0, 0.1) is 0 Å². The molecule has 146 valence electrons. The molecule has 0 aromatic heterocycles. The molecule has 0 saturated carbocycles. The predicted molar refractivity (Wildman–Crippen MR) is 101 cm³/mol. The van der Waals surface area contributed by atoms with Crippen LogP contribution in [-0.2, 0) is 10.3 Å². The van der Waals surface area contributed by atoms with E-state index in [9.17, 15) is 14.4 Å². The van der Waals surface area contributed by atoms with Crippen LogP contribution in [0.5, 0.6) is 11.5 Å². The third-order valence-electron chi connectivity index (χ3n) is 4.48. The topological polar surface area (TPSA) is 97.0 Å². The van der Waals surface area contributed by atoms with Gasteiger partial charge < -0.3 is 14.8 Å². The Morgan fingerprint density at radius 3 is 2.50 bits per heavy atom. The van der Waals surface area contributed by atoms with Crippen molar-refractivity contribution in [2.75, 3.05) is 13.7 Å². The van der Waals surface area contributed by atoms with Crippen molar-refractivity contribution in [3.8, 4) is 11.5 Å². The molecule has 0 aliphatic carbocycles. The van der Waals surface area contributed by atoms with Crippen LogP contribution in [-0.4, -0.2) is 36.6 Å². The van der Waals surface area contributed by atoms with E-state index in [2.05, 4.69) is 10.7 Å². The molecule has 2 N–H and O–H groups in total. The average molecular weight is 383 g/mol. The minimum Gasteiger partial charge on any atom is -0.493 e. The van der Waals surface area contributed by atoms with Gasteiger partial charge in [-0.1, -0.05) is 30.3 Å². The molecule has 2 aromatic rings. The van der Waals surface area contributed by atoms with Crippen LogP contribution in [0.15, 0.2) is 48.5 Å². The number of nitrogens with zero attached hydrogens (tertiary/aromatic N) is 1. The first-order chi connectivity index (χ1) is 13.4. The number of benzene rings is 2. The lowest BCUT2D eigenvalue weighted by Crippen LogP contribution is -2.47. The summed E-state index contributed by atoms with van der Waals surface area (Å²) in [4.78, 5) is 37.8. The maximum atomic E-state index is 12.9. The highest BCUT2D eigenvalue weighted by Crippen LogP contribution is 2.29. The van der Waals surface area contributed by atoms with Gasteiger partial charge in [-0.25, -0.2) is 4.79 Å². The quantitative estimate of drug-likeness (QED) is 0.746. The number of hydrogen-bond donors (Lipinski definition) is 2. The van der Waals surface area contributed by atoms with Gasteiger partial charge in [-0.05, 0) is 37.6 Å². The molecule has 0 spiro atoms. The highest BCUT2D eigenvalue weighted by Gasteiger charge is 2.50. The van der Waals surface area contributed by atoms with E-state index in [1.807, 2.05) is 13.0 Å². The average Bonchev–Trinajstić information content (AvgIpc) is 2.93. The Kier molecular flexibility index (Phi) is 5.21. The van der Waals surface area contributed by atoms with Gasteiger partial charge >= 0.3 is 6.03 Å². The van der Waals surface area contributed by atoms with Gasteiger partial charge in [-0.2, -0.15) is 5.01 Å². The van der Waals surface area contributed by atoms with Crippen molar-refractivity contribution in [1.82, 2.24) is 15.8 Å². The number of carbonyl (C=O) groups is 3. The first kappa shape index (κ1) is 19.2. The molecular formula is C20H21N3O5. The summed E-state index contributed by atoms with van der Waals surface area (Å²) >= 11 is 0. The maximum Gasteiger partial charge on any atom is 0.344 e. The SMILES string of the molecule is CCOc1ccc(C(=O)NN2C(=O)N[C@@](C)(c3ccccc3)C2=O)cc1OC. The van der Waals surface area contributed by atoms with Crippen molar-refractivity contribution in [2.24, 2.45) is 0 Å². The van der Waals surface area contributed by atoms with Gasteiger partial charge in [-0.15, -0.1) is 0 Å². The summed E-state index contributed by atoms with van der Waals surface area (Å²) in [6.07, 6.45) is 0. The third-order valence-corrected chi connectivity index (χ3v) is 4.48. The van der Waals surface area contributed by atoms with Crippen molar-refractivity contribution >= 4 is 17.8 Å². The van der Waals surface area contributed by atoms with Crippen molar-refractivity contribution in [2.45, 2.75) is 19.4 Å². The normalized spacial score (nSPS) is 18.6. The number of ether oxygens (including phenoxy) is 2. The van der Waals surface area contributed by atoms with Crippen molar-refractivity contribution < 1.29 is 23.9 Å². The molecule has 8 nitrogen and oxygen atoms in total. The molecular weight excluding hydrogens is 362 g/mol. The van der Waals surface area contributed by atoms with E-state index in [0.717, 1.165) is 0 Å². The fourth-order valence-corrected chi connectivity index (χ4v) is 2.96. The molecule has 1 heterocycles. The maximum absolute atomic E-state index is 12.9. The zero-order valence-corrected chi connectivity index (χ0v) is 15.8. The standard InChI is InChI=1S/C20H21N3O5/c1-4-28-15-11-10-13(12-16(15)27-3)17(24)22-23-18(25)20(2,21-19(23)26)14-8-6-5-7-9-14/h5-12H,4H2,1-3H3,(H,21,26)(H,22,24)/t20-/m0/s1. The zero-order chi connectivity index (χ0) is 20.3. The monoisotopic (exact) mass is 383 g/mol. The van der Waals surface area contributed by atoms with E-state index in [1.54, 1.807) is 37.3 Å². The van der Waals surface area contributed by atoms with Crippen molar-refractivity contribution in [3.05, 3.63) is 59.7 Å². The Balaban J connectivity index is 1.81. The van der Waals surface area contributed by atoms with E-state index < -0.39 is 23.4 Å². The van der Waals surface area contributed by atoms with E-state index in [-0.39, 0.29) is 5.56 Å². The molecule has 1 atom stereocenters. The molecule has 1 saturated heterocycles. The first-order valence-electron chi connectivity index (χ1n) is 8.74. The lowest BCUT2D eigenvalue weighted by molar-refractivity contribution is -0.132. The van der Waals surface area contributed by atoms with Crippen LogP contribution in [0.3, 0.4) is 0 Å². The summed E-state index contributed by atoms with van der Waals surface area (Å²) in [5.74, 6) is -0.328. The van der Waals surface area contributed by atoms with Crippen LogP contribution >= 0.6 is 0 Å². The Labute approximate surface area is 162 Å². The van der Waals surface area contributed by atoms with Gasteiger partial charge in [0.1, 0.15) is 5.54 Å². The minimum atomic E-state index is -1.26. The molecule has 1 aliphatic heterocycles. The summed E-state index contributed by atoms with van der Waals surface area (Å²) < 4.78 is 10.6. The summed E-state index contributed by atoms with van der Waals surface area (Å²) in [5, 5.41) is 3.32. The molecule has 2 aromatic carbocycles. The number of amides is 4. The van der Waals surface area contributed by atoms with Crippen LogP contribution in [0.1, 0.15) is 29.8 Å². The molecule has 4 amide bonds. The van der Waals surface area contributed by atoms with Crippen LogP contribution in [0.2, 0.25) is 0 Å². The number of methoxy groups -OCH3 is 1. The van der Waals surface area contributed by atoms with Gasteiger partial charge in [0.15, 0.2) is 11.5 Å². The fraction of sp³-hybridized carbons (Fsp3) is 0.250. The van der Waals surface area contributed by atoms with E-state index in [4.69, 9.17) is 9.47 Å². The molecule has 3 rings (SSSR count). The lowest BCUT2D eigenvalue weighted by Gasteiger charge is -2.22. The Bertz CT molecular complexity index is 915. The van der Waals surface area contributed by atoms with Gasteiger partial charge in [-0.3, -0.25) is 15.0 Å². The van der Waals surface area contributed by atoms with Crippen LogP contribution in [0.4, 0.5) is 4.79 Å². The Morgan fingerprint density at radius 1 is 1.14 bits per heavy atom. The third kappa shape index (κ3) is 3.36. The molecule has 8 heteroatoms. The van der Waals surface area contributed by atoms with E-state index in [1.165, 1.54) is 19.2 Å². The largest absolute Gasteiger partial charge is 0.493 e. The fourth-order valence-electron chi connectivity index (χ4n) is 2.96. The lowest BCUT2D eigenvalue weighted by atomic mass is 9.92. The number of rotatable bonds is 6. The number of hydrogen-bond acceptors (Lipinski definition) is 5. The summed E-state index contributed by atoms with van der Waals surface area (Å²) in [7, 11) is 1.46. The van der Waals surface area contributed by atoms with Gasteiger partial charge in [0.2, 0.25) is 0 Å². The first-order valence-corrected chi connectivity index (χ1v) is 8.74. The predicted octanol–water partition coefficient (Wildman–Crippen LogP) is 2.21. The second kappa shape index (κ2) is 7.59.